The lowest BCUT2D eigenvalue weighted by Crippen LogP contribution is -2.36. The standard InChI is InChI=1S/C15H24N2O2S/c1-6-17(8-7-16-10-18)14(19)12-9-13(15(3,4)5)20-11(12)2/h9-10H,6-8H2,1-5H3,(H,16,18). The minimum absolute atomic E-state index is 0.0458. The highest BCUT2D eigenvalue weighted by molar-refractivity contribution is 7.12. The summed E-state index contributed by atoms with van der Waals surface area (Å²) in [6.45, 7) is 12.1. The van der Waals surface area contributed by atoms with E-state index in [0.29, 0.717) is 26.0 Å². The SMILES string of the molecule is CCN(CCNC=O)C(=O)c1cc(C(C)(C)C)sc1C. The van der Waals surface area contributed by atoms with E-state index in [4.69, 9.17) is 0 Å². The summed E-state index contributed by atoms with van der Waals surface area (Å²) >= 11 is 1.69. The molecule has 1 N–H and O–H groups in total. The van der Waals surface area contributed by atoms with Crippen molar-refractivity contribution < 1.29 is 9.59 Å². The zero-order valence-corrected chi connectivity index (χ0v) is 13.8. The number of hydrogen-bond donors (Lipinski definition) is 1. The summed E-state index contributed by atoms with van der Waals surface area (Å²) in [6, 6.07) is 2.01. The Hall–Kier alpha value is -1.36. The summed E-state index contributed by atoms with van der Waals surface area (Å²) in [4.78, 5) is 26.9. The van der Waals surface area contributed by atoms with Crippen LogP contribution in [-0.4, -0.2) is 36.9 Å². The minimum Gasteiger partial charge on any atom is -0.357 e. The molecule has 0 aliphatic rings. The van der Waals surface area contributed by atoms with Crippen molar-refractivity contribution in [2.45, 2.75) is 40.0 Å². The van der Waals surface area contributed by atoms with Gasteiger partial charge in [-0.2, -0.15) is 0 Å². The van der Waals surface area contributed by atoms with Gasteiger partial charge in [-0.3, -0.25) is 9.59 Å². The summed E-state index contributed by atoms with van der Waals surface area (Å²) in [5.41, 5.74) is 0.845. The van der Waals surface area contributed by atoms with Crippen LogP contribution in [0.1, 0.15) is 47.8 Å². The number of likely N-dealkylation sites (N-methyl/N-ethyl adjacent to an activating group) is 1. The van der Waals surface area contributed by atoms with E-state index in [0.717, 1.165) is 10.4 Å². The average molecular weight is 296 g/mol. The highest BCUT2D eigenvalue weighted by Crippen LogP contribution is 2.32. The predicted octanol–water partition coefficient (Wildman–Crippen LogP) is 2.56. The first-order valence-corrected chi connectivity index (χ1v) is 7.70. The van der Waals surface area contributed by atoms with Crippen LogP contribution in [0, 0.1) is 6.92 Å². The molecule has 1 rings (SSSR count). The van der Waals surface area contributed by atoms with Crippen LogP contribution in [0.25, 0.3) is 0 Å². The van der Waals surface area contributed by atoms with Gasteiger partial charge in [0.15, 0.2) is 0 Å². The van der Waals surface area contributed by atoms with Crippen molar-refractivity contribution in [2.75, 3.05) is 19.6 Å². The molecule has 0 saturated carbocycles. The van der Waals surface area contributed by atoms with Gasteiger partial charge in [-0.05, 0) is 25.3 Å². The Bertz CT molecular complexity index is 475. The summed E-state index contributed by atoms with van der Waals surface area (Å²) in [7, 11) is 0. The van der Waals surface area contributed by atoms with Crippen molar-refractivity contribution in [1.29, 1.82) is 0 Å². The van der Waals surface area contributed by atoms with E-state index in [9.17, 15) is 9.59 Å². The molecular weight excluding hydrogens is 272 g/mol. The quantitative estimate of drug-likeness (QED) is 0.648. The summed E-state index contributed by atoms with van der Waals surface area (Å²) < 4.78 is 0. The monoisotopic (exact) mass is 296 g/mol. The number of carbonyl (C=O) groups excluding carboxylic acids is 2. The first kappa shape index (κ1) is 16.7. The summed E-state index contributed by atoms with van der Waals surface area (Å²) in [5.74, 6) is 0.0458. The maximum atomic E-state index is 12.5. The zero-order chi connectivity index (χ0) is 15.3. The number of hydrogen-bond acceptors (Lipinski definition) is 3. The van der Waals surface area contributed by atoms with Gasteiger partial charge in [-0.1, -0.05) is 20.8 Å². The third kappa shape index (κ3) is 4.07. The van der Waals surface area contributed by atoms with E-state index in [2.05, 4.69) is 26.1 Å². The summed E-state index contributed by atoms with van der Waals surface area (Å²) in [5, 5.41) is 2.59. The van der Waals surface area contributed by atoms with Gasteiger partial charge in [-0.15, -0.1) is 11.3 Å². The van der Waals surface area contributed by atoms with Gasteiger partial charge in [0.2, 0.25) is 6.41 Å². The van der Waals surface area contributed by atoms with Crippen LogP contribution < -0.4 is 5.32 Å². The molecule has 2 amide bonds. The molecule has 1 heterocycles. The van der Waals surface area contributed by atoms with Gasteiger partial charge in [-0.25, -0.2) is 0 Å². The topological polar surface area (TPSA) is 49.4 Å². The molecule has 0 spiro atoms. The maximum Gasteiger partial charge on any atom is 0.255 e. The maximum absolute atomic E-state index is 12.5. The highest BCUT2D eigenvalue weighted by Gasteiger charge is 2.23. The molecule has 5 heteroatoms. The van der Waals surface area contributed by atoms with Gasteiger partial charge >= 0.3 is 0 Å². The van der Waals surface area contributed by atoms with E-state index in [1.807, 2.05) is 19.9 Å². The minimum atomic E-state index is 0.0458. The summed E-state index contributed by atoms with van der Waals surface area (Å²) in [6.07, 6.45) is 0.659. The lowest BCUT2D eigenvalue weighted by Gasteiger charge is -2.20. The Labute approximate surface area is 125 Å². The number of aryl methyl sites for hydroxylation is 1. The number of nitrogens with one attached hydrogen (secondary N) is 1. The Balaban J connectivity index is 2.89. The van der Waals surface area contributed by atoms with E-state index in [-0.39, 0.29) is 11.3 Å². The Kier molecular flexibility index (Phi) is 5.74. The molecule has 112 valence electrons. The lowest BCUT2D eigenvalue weighted by atomic mass is 9.94. The van der Waals surface area contributed by atoms with Gasteiger partial charge in [0.25, 0.3) is 5.91 Å². The molecule has 0 atom stereocenters. The molecule has 0 radical (unpaired) electrons. The number of thiophene rings is 1. The fourth-order valence-corrected chi connectivity index (χ4v) is 2.97. The van der Waals surface area contributed by atoms with Crippen molar-refractivity contribution >= 4 is 23.7 Å². The molecule has 0 aromatic carbocycles. The molecule has 1 aromatic heterocycles. The second-order valence-electron chi connectivity index (χ2n) is 5.79. The lowest BCUT2D eigenvalue weighted by molar-refractivity contribution is -0.109. The van der Waals surface area contributed by atoms with Crippen molar-refractivity contribution in [3.63, 3.8) is 0 Å². The molecular formula is C15H24N2O2S. The molecule has 0 saturated heterocycles. The van der Waals surface area contributed by atoms with Crippen LogP contribution in [0.2, 0.25) is 0 Å². The number of nitrogens with zero attached hydrogens (tertiary/aromatic N) is 1. The number of carbonyl (C=O) groups is 2. The van der Waals surface area contributed by atoms with Crippen LogP contribution in [0.5, 0.6) is 0 Å². The normalized spacial score (nSPS) is 11.2. The van der Waals surface area contributed by atoms with E-state index < -0.39 is 0 Å². The van der Waals surface area contributed by atoms with Crippen LogP contribution in [0.3, 0.4) is 0 Å². The molecule has 1 aromatic rings. The van der Waals surface area contributed by atoms with E-state index in [1.165, 1.54) is 4.88 Å². The molecule has 0 unspecified atom stereocenters. The second kappa shape index (κ2) is 6.88. The fraction of sp³-hybridized carbons (Fsp3) is 0.600. The van der Waals surface area contributed by atoms with E-state index >= 15 is 0 Å². The second-order valence-corrected chi connectivity index (χ2v) is 7.04. The Morgan fingerprint density at radius 2 is 2.10 bits per heavy atom. The Morgan fingerprint density at radius 1 is 1.45 bits per heavy atom. The molecule has 0 fully saturated rings. The zero-order valence-electron chi connectivity index (χ0n) is 12.9. The molecule has 0 aliphatic heterocycles. The van der Waals surface area contributed by atoms with Crippen LogP contribution in [0.4, 0.5) is 0 Å². The van der Waals surface area contributed by atoms with Crippen LogP contribution in [-0.2, 0) is 10.2 Å². The first-order chi connectivity index (χ1) is 9.31. The molecule has 20 heavy (non-hydrogen) atoms. The third-order valence-electron chi connectivity index (χ3n) is 3.17. The fourth-order valence-electron chi connectivity index (χ4n) is 1.90. The van der Waals surface area contributed by atoms with Crippen LogP contribution >= 0.6 is 11.3 Å². The van der Waals surface area contributed by atoms with Crippen molar-refractivity contribution in [3.8, 4) is 0 Å². The molecule has 0 bridgehead atoms. The average Bonchev–Trinajstić information content (AvgIpc) is 2.76. The Morgan fingerprint density at radius 3 is 2.55 bits per heavy atom. The van der Waals surface area contributed by atoms with Crippen molar-refractivity contribution in [1.82, 2.24) is 10.2 Å². The van der Waals surface area contributed by atoms with Gasteiger partial charge in [0, 0.05) is 29.4 Å². The predicted molar refractivity (Wildman–Crippen MR) is 83.4 cm³/mol. The largest absolute Gasteiger partial charge is 0.357 e. The molecule has 4 nitrogen and oxygen atoms in total. The van der Waals surface area contributed by atoms with Gasteiger partial charge < -0.3 is 10.2 Å². The number of rotatable bonds is 6. The van der Waals surface area contributed by atoms with Gasteiger partial charge in [0.05, 0.1) is 5.56 Å². The van der Waals surface area contributed by atoms with Crippen molar-refractivity contribution in [2.24, 2.45) is 0 Å². The van der Waals surface area contributed by atoms with E-state index in [1.54, 1.807) is 16.2 Å². The molecule has 0 aliphatic carbocycles. The smallest absolute Gasteiger partial charge is 0.255 e. The first-order valence-electron chi connectivity index (χ1n) is 6.88. The van der Waals surface area contributed by atoms with Crippen molar-refractivity contribution in [3.05, 3.63) is 21.4 Å². The van der Waals surface area contributed by atoms with Gasteiger partial charge in [0.1, 0.15) is 0 Å². The number of amides is 2. The van der Waals surface area contributed by atoms with Crippen LogP contribution in [0.15, 0.2) is 6.07 Å². The third-order valence-corrected chi connectivity index (χ3v) is 4.64. The highest BCUT2D eigenvalue weighted by atomic mass is 32.1.